The van der Waals surface area contributed by atoms with Crippen LogP contribution < -0.4 is 5.32 Å². The van der Waals surface area contributed by atoms with Gasteiger partial charge in [0.1, 0.15) is 12.9 Å². The molecule has 0 aliphatic carbocycles. The molecule has 19 heavy (non-hydrogen) atoms. The van der Waals surface area contributed by atoms with E-state index in [0.29, 0.717) is 11.7 Å². The number of anilines is 1. The molecule has 0 saturated heterocycles. The molecule has 102 valence electrons. The lowest BCUT2D eigenvalue weighted by Gasteiger charge is -2.14. The maximum Gasteiger partial charge on any atom is 0.324 e. The summed E-state index contributed by atoms with van der Waals surface area (Å²) in [7, 11) is 1.62. The van der Waals surface area contributed by atoms with Gasteiger partial charge >= 0.3 is 6.03 Å². The number of amides is 2. The van der Waals surface area contributed by atoms with Crippen molar-refractivity contribution in [3.63, 3.8) is 0 Å². The molecule has 2 amide bonds. The van der Waals surface area contributed by atoms with E-state index in [-0.39, 0.29) is 18.5 Å². The molecular formula is C10H15N7O2. The van der Waals surface area contributed by atoms with Crippen LogP contribution in [0.3, 0.4) is 0 Å². The molecule has 2 aromatic heterocycles. The Morgan fingerprint density at radius 1 is 1.58 bits per heavy atom. The Balaban J connectivity index is 1.88. The predicted molar refractivity (Wildman–Crippen MR) is 65.2 cm³/mol. The maximum absolute atomic E-state index is 11.8. The van der Waals surface area contributed by atoms with Crippen LogP contribution in [0.15, 0.2) is 10.9 Å². The lowest BCUT2D eigenvalue weighted by atomic mass is 10.3. The van der Waals surface area contributed by atoms with Gasteiger partial charge in [-0.1, -0.05) is 12.1 Å². The van der Waals surface area contributed by atoms with Gasteiger partial charge in [0.25, 0.3) is 0 Å². The average Bonchev–Trinajstić information content (AvgIpc) is 3.02. The van der Waals surface area contributed by atoms with Crippen LogP contribution in [0.2, 0.25) is 0 Å². The van der Waals surface area contributed by atoms with Crippen LogP contribution in [0.5, 0.6) is 0 Å². The summed E-state index contributed by atoms with van der Waals surface area (Å²) in [6.45, 7) is 2.27. The first-order chi connectivity index (χ1) is 9.19. The van der Waals surface area contributed by atoms with Crippen LogP contribution >= 0.6 is 0 Å². The Morgan fingerprint density at radius 2 is 2.42 bits per heavy atom. The van der Waals surface area contributed by atoms with Crippen molar-refractivity contribution in [1.82, 2.24) is 30.2 Å². The largest absolute Gasteiger partial charge is 0.337 e. The molecule has 2 N–H and O–H groups in total. The van der Waals surface area contributed by atoms with E-state index in [1.54, 1.807) is 7.05 Å². The molecular weight excluding hydrogens is 250 g/mol. The van der Waals surface area contributed by atoms with E-state index in [1.807, 2.05) is 6.92 Å². The molecule has 9 nitrogen and oxygen atoms in total. The molecule has 2 heterocycles. The first-order valence-corrected chi connectivity index (χ1v) is 5.88. The second-order valence-electron chi connectivity index (χ2n) is 3.97. The minimum absolute atomic E-state index is 0.233. The summed E-state index contributed by atoms with van der Waals surface area (Å²) >= 11 is 0. The van der Waals surface area contributed by atoms with Crippen molar-refractivity contribution >= 4 is 12.0 Å². The maximum atomic E-state index is 11.8. The quantitative estimate of drug-likeness (QED) is 0.826. The molecule has 0 aliphatic rings. The Bertz CT molecular complexity index is 522. The number of rotatable bonds is 5. The van der Waals surface area contributed by atoms with Crippen LogP contribution in [-0.4, -0.2) is 43.3 Å². The van der Waals surface area contributed by atoms with E-state index in [2.05, 4.69) is 30.6 Å². The number of nitrogens with one attached hydrogen (secondary N) is 2. The third-order valence-electron chi connectivity index (χ3n) is 2.34. The Morgan fingerprint density at radius 3 is 3.11 bits per heavy atom. The van der Waals surface area contributed by atoms with Crippen molar-refractivity contribution in [2.24, 2.45) is 0 Å². The zero-order chi connectivity index (χ0) is 13.7. The summed E-state index contributed by atoms with van der Waals surface area (Å²) in [5, 5.41) is 12.5. The normalized spacial score (nSPS) is 10.4. The van der Waals surface area contributed by atoms with Crippen molar-refractivity contribution in [1.29, 1.82) is 0 Å². The van der Waals surface area contributed by atoms with Gasteiger partial charge in [0.15, 0.2) is 5.82 Å². The monoisotopic (exact) mass is 265 g/mol. The molecule has 0 aliphatic heterocycles. The van der Waals surface area contributed by atoms with Crippen molar-refractivity contribution in [2.75, 3.05) is 12.4 Å². The second-order valence-corrected chi connectivity index (χ2v) is 3.97. The van der Waals surface area contributed by atoms with Crippen LogP contribution in [0.1, 0.15) is 25.1 Å². The van der Waals surface area contributed by atoms with Gasteiger partial charge in [0.2, 0.25) is 11.8 Å². The number of aromatic amines is 1. The van der Waals surface area contributed by atoms with Crippen molar-refractivity contribution in [3.8, 4) is 0 Å². The van der Waals surface area contributed by atoms with Gasteiger partial charge in [-0.25, -0.2) is 9.89 Å². The van der Waals surface area contributed by atoms with Gasteiger partial charge in [-0.15, -0.1) is 0 Å². The van der Waals surface area contributed by atoms with Gasteiger partial charge in [0, 0.05) is 13.5 Å². The van der Waals surface area contributed by atoms with E-state index in [9.17, 15) is 4.79 Å². The molecule has 0 aromatic carbocycles. The average molecular weight is 265 g/mol. The van der Waals surface area contributed by atoms with Gasteiger partial charge in [-0.05, 0) is 6.42 Å². The lowest BCUT2D eigenvalue weighted by Crippen LogP contribution is -2.31. The fraction of sp³-hybridized carbons (Fsp3) is 0.500. The molecule has 0 spiro atoms. The van der Waals surface area contributed by atoms with E-state index in [0.717, 1.165) is 12.8 Å². The summed E-state index contributed by atoms with van der Waals surface area (Å²) in [5.41, 5.74) is 0. The van der Waals surface area contributed by atoms with Crippen molar-refractivity contribution < 1.29 is 9.32 Å². The zero-order valence-electron chi connectivity index (χ0n) is 10.8. The number of H-pyrrole nitrogens is 1. The van der Waals surface area contributed by atoms with E-state index in [4.69, 9.17) is 4.52 Å². The number of nitrogens with zero attached hydrogens (tertiary/aromatic N) is 5. The first-order valence-electron chi connectivity index (χ1n) is 5.88. The second kappa shape index (κ2) is 5.94. The summed E-state index contributed by atoms with van der Waals surface area (Å²) in [5.74, 6) is 1.34. The first kappa shape index (κ1) is 13.0. The smallest absolute Gasteiger partial charge is 0.324 e. The lowest BCUT2D eigenvalue weighted by molar-refractivity contribution is 0.212. The number of urea groups is 1. The highest BCUT2D eigenvalue weighted by molar-refractivity contribution is 5.86. The van der Waals surface area contributed by atoms with Crippen molar-refractivity contribution in [3.05, 3.63) is 18.0 Å². The summed E-state index contributed by atoms with van der Waals surface area (Å²) in [6, 6.07) is -0.341. The number of aromatic nitrogens is 5. The third-order valence-corrected chi connectivity index (χ3v) is 2.34. The van der Waals surface area contributed by atoms with Gasteiger partial charge < -0.3 is 9.42 Å². The molecule has 2 rings (SSSR count). The number of carbonyl (C=O) groups excluding carboxylic acids is 1. The number of carbonyl (C=O) groups is 1. The predicted octanol–water partition coefficient (Wildman–Crippen LogP) is 0.804. The minimum atomic E-state index is -0.341. The zero-order valence-corrected chi connectivity index (χ0v) is 10.8. The van der Waals surface area contributed by atoms with Gasteiger partial charge in [-0.2, -0.15) is 15.1 Å². The molecule has 0 atom stereocenters. The van der Waals surface area contributed by atoms with Gasteiger partial charge in [0.05, 0.1) is 0 Å². The SMILES string of the molecule is CCCc1noc(CN(C)C(=O)Nc2ncn[nH]2)n1. The highest BCUT2D eigenvalue weighted by Gasteiger charge is 2.14. The molecule has 0 bridgehead atoms. The topological polar surface area (TPSA) is 113 Å². The summed E-state index contributed by atoms with van der Waals surface area (Å²) < 4.78 is 5.05. The van der Waals surface area contributed by atoms with Crippen LogP contribution in [0.25, 0.3) is 0 Å². The number of hydrogen-bond acceptors (Lipinski definition) is 6. The van der Waals surface area contributed by atoms with Gasteiger partial charge in [-0.3, -0.25) is 5.32 Å². The van der Waals surface area contributed by atoms with Crippen LogP contribution in [-0.2, 0) is 13.0 Å². The molecule has 2 aromatic rings. The van der Waals surface area contributed by atoms with E-state index in [1.165, 1.54) is 11.2 Å². The van der Waals surface area contributed by atoms with Crippen LogP contribution in [0, 0.1) is 0 Å². The van der Waals surface area contributed by atoms with E-state index < -0.39 is 0 Å². The molecule has 9 heteroatoms. The molecule has 0 saturated carbocycles. The Labute approximate surface area is 109 Å². The Kier molecular flexibility index (Phi) is 4.06. The van der Waals surface area contributed by atoms with Crippen LogP contribution in [0.4, 0.5) is 10.7 Å². The molecule has 0 fully saturated rings. The number of aryl methyl sites for hydroxylation is 1. The molecule has 0 unspecified atom stereocenters. The van der Waals surface area contributed by atoms with Crippen molar-refractivity contribution in [2.45, 2.75) is 26.3 Å². The standard InChI is InChI=1S/C10H15N7O2/c1-3-4-7-13-8(19-16-7)5-17(2)10(18)14-9-11-6-12-15-9/h6H,3-5H2,1-2H3,(H2,11,12,14,15,18). The fourth-order valence-electron chi connectivity index (χ4n) is 1.42. The summed E-state index contributed by atoms with van der Waals surface area (Å²) in [4.78, 5) is 21.2. The third kappa shape index (κ3) is 3.50. The summed E-state index contributed by atoms with van der Waals surface area (Å²) in [6.07, 6.45) is 3.02. The highest BCUT2D eigenvalue weighted by Crippen LogP contribution is 2.04. The molecule has 0 radical (unpaired) electrons. The minimum Gasteiger partial charge on any atom is -0.337 e. The highest BCUT2D eigenvalue weighted by atomic mass is 16.5. The fourth-order valence-corrected chi connectivity index (χ4v) is 1.42. The Hall–Kier alpha value is -2.45. The number of hydrogen-bond donors (Lipinski definition) is 2. The van der Waals surface area contributed by atoms with E-state index >= 15 is 0 Å².